The van der Waals surface area contributed by atoms with E-state index in [1.807, 2.05) is 60.7 Å². The average Bonchev–Trinajstić information content (AvgIpc) is 3.31. The minimum absolute atomic E-state index is 0.387. The molecule has 0 spiro atoms. The Hall–Kier alpha value is -1.80. The molecule has 0 aromatic heterocycles. The van der Waals surface area contributed by atoms with Gasteiger partial charge in [-0.25, -0.2) is 0 Å². The summed E-state index contributed by atoms with van der Waals surface area (Å²) in [6.45, 7) is 0. The molecule has 27 heavy (non-hydrogen) atoms. The van der Waals surface area contributed by atoms with Crippen molar-refractivity contribution in [3.05, 3.63) is 71.8 Å². The van der Waals surface area contributed by atoms with Gasteiger partial charge in [-0.2, -0.15) is 0 Å². The lowest BCUT2D eigenvalue weighted by Crippen LogP contribution is -2.57. The minimum atomic E-state index is -0.810. The second-order valence-electron chi connectivity index (χ2n) is 7.07. The average molecular weight is 370 g/mol. The number of methoxy groups -OCH3 is 1. The lowest BCUT2D eigenvalue weighted by Gasteiger charge is -2.38. The summed E-state index contributed by atoms with van der Waals surface area (Å²) >= 11 is 0. The quantitative estimate of drug-likeness (QED) is 0.895. The normalized spacial score (nSPS) is 40.5. The molecule has 2 aromatic rings. The van der Waals surface area contributed by atoms with Crippen molar-refractivity contribution in [2.45, 2.75) is 49.2 Å². The molecule has 0 saturated carbocycles. The highest BCUT2D eigenvalue weighted by Crippen LogP contribution is 2.46. The Morgan fingerprint density at radius 3 is 1.96 bits per heavy atom. The van der Waals surface area contributed by atoms with Crippen LogP contribution < -0.4 is 0 Å². The number of hydrogen-bond acceptors (Lipinski definition) is 6. The molecular formula is C21H22O6. The molecular weight excluding hydrogens is 348 g/mol. The molecule has 3 aliphatic rings. The highest BCUT2D eigenvalue weighted by atomic mass is 16.8. The van der Waals surface area contributed by atoms with Gasteiger partial charge in [0.2, 0.25) is 0 Å². The van der Waals surface area contributed by atoms with E-state index < -0.39 is 43.1 Å². The van der Waals surface area contributed by atoms with E-state index in [1.54, 1.807) is 7.11 Å². The van der Waals surface area contributed by atoms with Gasteiger partial charge in [0, 0.05) is 12.7 Å². The fourth-order valence-corrected chi connectivity index (χ4v) is 4.18. The zero-order chi connectivity index (χ0) is 18.4. The van der Waals surface area contributed by atoms with Crippen molar-refractivity contribution < 1.29 is 28.8 Å². The first-order valence-electron chi connectivity index (χ1n) is 9.19. The standard InChI is InChI=1S/C21H22O6/c1-23-21-19-18(26-20(27-19)13-10-6-3-7-11-13)17-16(25-21)14(22)15(24-17)12-8-4-2-5-9-12/h2-11,14-22H,1H3/t14?,15?,16-,17-,18+,19+,20?,21+/m1/s1. The van der Waals surface area contributed by atoms with Crippen LogP contribution in [0.15, 0.2) is 60.7 Å². The number of ether oxygens (including phenoxy) is 5. The molecule has 142 valence electrons. The zero-order valence-corrected chi connectivity index (χ0v) is 14.9. The molecule has 1 N–H and O–H groups in total. The monoisotopic (exact) mass is 370 g/mol. The molecule has 0 aliphatic carbocycles. The van der Waals surface area contributed by atoms with Gasteiger partial charge < -0.3 is 28.8 Å². The van der Waals surface area contributed by atoms with Crippen LogP contribution in [0.3, 0.4) is 0 Å². The van der Waals surface area contributed by atoms with E-state index >= 15 is 0 Å². The minimum Gasteiger partial charge on any atom is -0.387 e. The summed E-state index contributed by atoms with van der Waals surface area (Å²) in [7, 11) is 1.57. The van der Waals surface area contributed by atoms with Crippen LogP contribution >= 0.6 is 0 Å². The maximum Gasteiger partial charge on any atom is 0.186 e. The highest BCUT2D eigenvalue weighted by Gasteiger charge is 2.60. The van der Waals surface area contributed by atoms with Gasteiger partial charge in [-0.05, 0) is 5.56 Å². The fourth-order valence-electron chi connectivity index (χ4n) is 4.18. The maximum atomic E-state index is 10.9. The first kappa shape index (κ1) is 17.3. The number of rotatable bonds is 3. The number of aliphatic hydroxyl groups is 1. The van der Waals surface area contributed by atoms with E-state index in [2.05, 4.69) is 0 Å². The second kappa shape index (κ2) is 6.98. The third kappa shape index (κ3) is 2.89. The smallest absolute Gasteiger partial charge is 0.186 e. The summed E-state index contributed by atoms with van der Waals surface area (Å²) in [5.41, 5.74) is 1.84. The van der Waals surface area contributed by atoms with Crippen LogP contribution in [0.5, 0.6) is 0 Å². The Kier molecular flexibility index (Phi) is 4.47. The molecule has 5 rings (SSSR count). The molecule has 3 heterocycles. The number of hydrogen-bond donors (Lipinski definition) is 1. The largest absolute Gasteiger partial charge is 0.387 e. The van der Waals surface area contributed by atoms with Crippen molar-refractivity contribution in [2.75, 3.05) is 7.11 Å². The Balaban J connectivity index is 1.43. The molecule has 3 aliphatic heterocycles. The first-order chi connectivity index (χ1) is 13.3. The SMILES string of the molecule is CO[C@H]1O[C@@H]2C(O)C(c3ccccc3)O[C@H]2[C@@H]2OC(c3ccccc3)O[C@H]12. The molecule has 0 radical (unpaired) electrons. The summed E-state index contributed by atoms with van der Waals surface area (Å²) in [4.78, 5) is 0. The van der Waals surface area contributed by atoms with Crippen LogP contribution in [0.25, 0.3) is 0 Å². The Bertz CT molecular complexity index is 769. The van der Waals surface area contributed by atoms with E-state index in [0.29, 0.717) is 0 Å². The molecule has 0 bridgehead atoms. The van der Waals surface area contributed by atoms with Gasteiger partial charge >= 0.3 is 0 Å². The molecule has 3 fully saturated rings. The molecule has 0 amide bonds. The van der Waals surface area contributed by atoms with Gasteiger partial charge in [-0.1, -0.05) is 60.7 Å². The molecule has 8 atom stereocenters. The predicted molar refractivity (Wildman–Crippen MR) is 94.7 cm³/mol. The van der Waals surface area contributed by atoms with Gasteiger partial charge in [-0.3, -0.25) is 0 Å². The molecule has 2 aromatic carbocycles. The second-order valence-corrected chi connectivity index (χ2v) is 7.07. The van der Waals surface area contributed by atoms with Crippen molar-refractivity contribution in [2.24, 2.45) is 0 Å². The summed E-state index contributed by atoms with van der Waals surface area (Å²) in [6, 6.07) is 19.4. The van der Waals surface area contributed by atoms with E-state index in [4.69, 9.17) is 23.7 Å². The third-order valence-corrected chi connectivity index (χ3v) is 5.48. The van der Waals surface area contributed by atoms with Crippen LogP contribution in [0.2, 0.25) is 0 Å². The van der Waals surface area contributed by atoms with Gasteiger partial charge in [0.25, 0.3) is 0 Å². The van der Waals surface area contributed by atoms with E-state index in [1.165, 1.54) is 0 Å². The van der Waals surface area contributed by atoms with Crippen molar-refractivity contribution in [1.82, 2.24) is 0 Å². The van der Waals surface area contributed by atoms with Crippen molar-refractivity contribution in [1.29, 1.82) is 0 Å². The predicted octanol–water partition coefficient (Wildman–Crippen LogP) is 2.34. The first-order valence-corrected chi connectivity index (χ1v) is 9.19. The highest BCUT2D eigenvalue weighted by molar-refractivity contribution is 5.22. The van der Waals surface area contributed by atoms with E-state index in [-0.39, 0.29) is 6.10 Å². The molecule has 6 nitrogen and oxygen atoms in total. The van der Waals surface area contributed by atoms with Crippen molar-refractivity contribution in [3.8, 4) is 0 Å². The van der Waals surface area contributed by atoms with Crippen molar-refractivity contribution in [3.63, 3.8) is 0 Å². The lowest BCUT2D eigenvalue weighted by molar-refractivity contribution is -0.262. The molecule has 3 unspecified atom stereocenters. The summed E-state index contributed by atoms with van der Waals surface area (Å²) in [5, 5.41) is 10.9. The van der Waals surface area contributed by atoms with Gasteiger partial charge in [0.15, 0.2) is 12.6 Å². The number of benzene rings is 2. The van der Waals surface area contributed by atoms with Crippen LogP contribution in [0, 0.1) is 0 Å². The van der Waals surface area contributed by atoms with Gasteiger partial charge in [0.05, 0.1) is 0 Å². The number of fused-ring (bicyclic) bond motifs is 3. The van der Waals surface area contributed by atoms with Crippen LogP contribution in [0.4, 0.5) is 0 Å². The topological polar surface area (TPSA) is 66.4 Å². The van der Waals surface area contributed by atoms with E-state index in [9.17, 15) is 5.11 Å². The van der Waals surface area contributed by atoms with Crippen molar-refractivity contribution >= 4 is 0 Å². The number of aliphatic hydroxyl groups excluding tert-OH is 1. The molecule has 3 saturated heterocycles. The van der Waals surface area contributed by atoms with Crippen LogP contribution in [0.1, 0.15) is 23.5 Å². The zero-order valence-electron chi connectivity index (χ0n) is 14.9. The maximum absolute atomic E-state index is 10.9. The van der Waals surface area contributed by atoms with E-state index in [0.717, 1.165) is 11.1 Å². The fraction of sp³-hybridized carbons (Fsp3) is 0.429. The Labute approximate surface area is 157 Å². The molecule has 6 heteroatoms. The van der Waals surface area contributed by atoms with Gasteiger partial charge in [-0.15, -0.1) is 0 Å². The lowest BCUT2D eigenvalue weighted by atomic mass is 9.95. The van der Waals surface area contributed by atoms with Crippen LogP contribution in [-0.2, 0) is 23.7 Å². The Morgan fingerprint density at radius 2 is 1.30 bits per heavy atom. The summed E-state index contributed by atoms with van der Waals surface area (Å²) < 4.78 is 30.0. The summed E-state index contributed by atoms with van der Waals surface area (Å²) in [5.74, 6) is 0. The van der Waals surface area contributed by atoms with Gasteiger partial charge in [0.1, 0.15) is 36.6 Å². The Morgan fingerprint density at radius 1 is 0.704 bits per heavy atom. The summed E-state index contributed by atoms with van der Waals surface area (Å²) in [6.07, 6.45) is -4.22. The third-order valence-electron chi connectivity index (χ3n) is 5.48. The van der Waals surface area contributed by atoms with Crippen LogP contribution in [-0.4, -0.2) is 49.0 Å².